The summed E-state index contributed by atoms with van der Waals surface area (Å²) in [6.07, 6.45) is 4.68. The number of nitrogens with zero attached hydrogens (tertiary/aromatic N) is 3. The van der Waals surface area contributed by atoms with Crippen LogP contribution in [0.4, 0.5) is 5.69 Å². The molecule has 1 saturated carbocycles. The lowest BCUT2D eigenvalue weighted by Gasteiger charge is -2.38. The Bertz CT molecular complexity index is 1350. The molecule has 1 aliphatic carbocycles. The van der Waals surface area contributed by atoms with Gasteiger partial charge in [0, 0.05) is 55.4 Å². The van der Waals surface area contributed by atoms with Gasteiger partial charge in [-0.15, -0.1) is 0 Å². The fourth-order valence-corrected chi connectivity index (χ4v) is 5.59. The SMILES string of the molecule is C[C@@H]1CN([C@H](C)CO)C(=O)c2cc(NC(=O)Cc3cn(C)c4ccccc34)ccc2O[C@@H]1CN(C)CC1CC1. The topological polar surface area (TPSA) is 87.0 Å². The third kappa shape index (κ3) is 6.12. The highest BCUT2D eigenvalue weighted by atomic mass is 16.5. The number of likely N-dealkylation sites (N-methyl/N-ethyl adjacent to an activating group) is 1. The van der Waals surface area contributed by atoms with Gasteiger partial charge in [0.2, 0.25) is 5.91 Å². The Hall–Kier alpha value is -3.36. The second-order valence-corrected chi connectivity index (χ2v) is 11.5. The molecule has 2 N–H and O–H groups in total. The van der Waals surface area contributed by atoms with Crippen LogP contribution in [0.3, 0.4) is 0 Å². The summed E-state index contributed by atoms with van der Waals surface area (Å²) in [5.41, 5.74) is 2.98. The number of amides is 2. The number of aryl methyl sites for hydroxylation is 1. The van der Waals surface area contributed by atoms with Crippen molar-refractivity contribution in [2.45, 2.75) is 45.3 Å². The predicted molar refractivity (Wildman–Crippen MR) is 153 cm³/mol. The molecule has 208 valence electrons. The van der Waals surface area contributed by atoms with E-state index in [-0.39, 0.29) is 42.9 Å². The number of anilines is 1. The summed E-state index contributed by atoms with van der Waals surface area (Å²) >= 11 is 0. The maximum atomic E-state index is 13.7. The van der Waals surface area contributed by atoms with Gasteiger partial charge in [0.1, 0.15) is 11.9 Å². The lowest BCUT2D eigenvalue weighted by molar-refractivity contribution is -0.115. The van der Waals surface area contributed by atoms with Crippen LogP contribution in [0.25, 0.3) is 10.9 Å². The van der Waals surface area contributed by atoms with Crippen molar-refractivity contribution >= 4 is 28.4 Å². The lowest BCUT2D eigenvalue weighted by atomic mass is 9.99. The van der Waals surface area contributed by atoms with E-state index in [1.807, 2.05) is 49.0 Å². The molecular weight excluding hydrogens is 492 g/mol. The quantitative estimate of drug-likeness (QED) is 0.436. The van der Waals surface area contributed by atoms with E-state index in [0.717, 1.165) is 35.5 Å². The van der Waals surface area contributed by atoms with Gasteiger partial charge >= 0.3 is 0 Å². The standard InChI is InChI=1S/C31H40N4O4/c1-20-15-35(21(2)19-36)31(38)26-14-24(11-12-28(26)39-29(20)18-33(3)16-22-9-10-22)32-30(37)13-23-17-34(4)27-8-6-5-7-25(23)27/h5-8,11-12,14,17,20-22,29,36H,9-10,13,15-16,18-19H2,1-4H3,(H,32,37)/t20-,21-,29-/m1/s1. The minimum Gasteiger partial charge on any atom is -0.488 e. The van der Waals surface area contributed by atoms with Crippen molar-refractivity contribution in [1.29, 1.82) is 0 Å². The number of carbonyl (C=O) groups is 2. The van der Waals surface area contributed by atoms with Gasteiger partial charge in [-0.3, -0.25) is 9.59 Å². The van der Waals surface area contributed by atoms with E-state index in [1.165, 1.54) is 12.8 Å². The Kier molecular flexibility index (Phi) is 7.96. The highest BCUT2D eigenvalue weighted by molar-refractivity contribution is 6.00. The van der Waals surface area contributed by atoms with Gasteiger partial charge in [0.05, 0.1) is 24.6 Å². The van der Waals surface area contributed by atoms with Crippen LogP contribution in [0.5, 0.6) is 5.75 Å². The normalized spacial score (nSPS) is 20.4. The number of carbonyl (C=O) groups excluding carboxylic acids is 2. The highest BCUT2D eigenvalue weighted by Gasteiger charge is 2.34. The number of benzene rings is 2. The van der Waals surface area contributed by atoms with Crippen molar-refractivity contribution in [3.63, 3.8) is 0 Å². The van der Waals surface area contributed by atoms with E-state index in [2.05, 4.69) is 24.2 Å². The van der Waals surface area contributed by atoms with E-state index in [4.69, 9.17) is 4.74 Å². The molecule has 3 aromatic rings. The third-order valence-electron chi connectivity index (χ3n) is 8.04. The summed E-state index contributed by atoms with van der Waals surface area (Å²) in [5.74, 6) is 1.02. The van der Waals surface area contributed by atoms with Gasteiger partial charge < -0.3 is 29.5 Å². The van der Waals surface area contributed by atoms with Crippen LogP contribution < -0.4 is 10.1 Å². The first-order chi connectivity index (χ1) is 18.7. The minimum atomic E-state index is -0.333. The highest BCUT2D eigenvalue weighted by Crippen LogP contribution is 2.32. The van der Waals surface area contributed by atoms with Gasteiger partial charge in [-0.05, 0) is 62.6 Å². The maximum Gasteiger partial charge on any atom is 0.258 e. The van der Waals surface area contributed by atoms with Crippen LogP contribution in [-0.2, 0) is 18.3 Å². The Morgan fingerprint density at radius 1 is 1.21 bits per heavy atom. The number of fused-ring (bicyclic) bond motifs is 2. The van der Waals surface area contributed by atoms with Crippen molar-refractivity contribution in [2.24, 2.45) is 18.9 Å². The molecule has 1 fully saturated rings. The smallest absolute Gasteiger partial charge is 0.258 e. The Morgan fingerprint density at radius 2 is 1.97 bits per heavy atom. The average molecular weight is 533 g/mol. The Balaban J connectivity index is 1.38. The number of hydrogen-bond acceptors (Lipinski definition) is 5. The molecule has 0 spiro atoms. The molecule has 1 aromatic heterocycles. The second kappa shape index (κ2) is 11.4. The van der Waals surface area contributed by atoms with Crippen LogP contribution in [-0.4, -0.2) is 76.7 Å². The first-order valence-corrected chi connectivity index (χ1v) is 14.0. The molecule has 2 heterocycles. The number of aliphatic hydroxyl groups excluding tert-OH is 1. The summed E-state index contributed by atoms with van der Waals surface area (Å²) < 4.78 is 8.52. The fraction of sp³-hybridized carbons (Fsp3) is 0.484. The average Bonchev–Trinajstić information content (AvgIpc) is 3.68. The van der Waals surface area contributed by atoms with Crippen molar-refractivity contribution in [2.75, 3.05) is 38.6 Å². The lowest BCUT2D eigenvalue weighted by Crippen LogP contribution is -2.50. The molecule has 1 aliphatic heterocycles. The molecule has 2 amide bonds. The third-order valence-corrected chi connectivity index (χ3v) is 8.04. The molecular formula is C31H40N4O4. The number of aromatic nitrogens is 1. The summed E-state index contributed by atoms with van der Waals surface area (Å²) in [6, 6.07) is 13.0. The van der Waals surface area contributed by atoms with Gasteiger partial charge in [-0.25, -0.2) is 0 Å². The molecule has 0 radical (unpaired) electrons. The number of ether oxygens (including phenoxy) is 1. The number of rotatable bonds is 9. The molecule has 2 aliphatic rings. The van der Waals surface area contributed by atoms with Gasteiger partial charge in [0.15, 0.2) is 0 Å². The molecule has 39 heavy (non-hydrogen) atoms. The van der Waals surface area contributed by atoms with E-state index in [1.54, 1.807) is 23.1 Å². The van der Waals surface area contributed by atoms with Crippen molar-refractivity contribution in [3.8, 4) is 5.75 Å². The monoisotopic (exact) mass is 532 g/mol. The number of aliphatic hydroxyl groups is 1. The summed E-state index contributed by atoms with van der Waals surface area (Å²) in [7, 11) is 4.10. The molecule has 0 saturated heterocycles. The molecule has 8 nitrogen and oxygen atoms in total. The van der Waals surface area contributed by atoms with Crippen LogP contribution in [0.15, 0.2) is 48.7 Å². The first kappa shape index (κ1) is 27.2. The van der Waals surface area contributed by atoms with Crippen LogP contribution in [0.2, 0.25) is 0 Å². The van der Waals surface area contributed by atoms with Gasteiger partial charge in [-0.2, -0.15) is 0 Å². The summed E-state index contributed by atoms with van der Waals surface area (Å²) in [5, 5.41) is 13.9. The van der Waals surface area contributed by atoms with Crippen molar-refractivity contribution in [3.05, 3.63) is 59.8 Å². The van der Waals surface area contributed by atoms with Gasteiger partial charge in [0.25, 0.3) is 5.91 Å². The zero-order chi connectivity index (χ0) is 27.7. The zero-order valence-electron chi connectivity index (χ0n) is 23.4. The van der Waals surface area contributed by atoms with Gasteiger partial charge in [-0.1, -0.05) is 25.1 Å². The molecule has 3 atom stereocenters. The molecule has 2 aromatic carbocycles. The summed E-state index contributed by atoms with van der Waals surface area (Å²) in [4.78, 5) is 30.8. The minimum absolute atomic E-state index is 0.0813. The van der Waals surface area contributed by atoms with Crippen LogP contribution in [0, 0.1) is 11.8 Å². The van der Waals surface area contributed by atoms with E-state index < -0.39 is 0 Å². The van der Waals surface area contributed by atoms with Crippen LogP contribution in [0.1, 0.15) is 42.6 Å². The number of hydrogen-bond donors (Lipinski definition) is 2. The molecule has 5 rings (SSSR count). The van der Waals surface area contributed by atoms with E-state index in [0.29, 0.717) is 23.5 Å². The zero-order valence-corrected chi connectivity index (χ0v) is 23.4. The maximum absolute atomic E-state index is 13.7. The van der Waals surface area contributed by atoms with Crippen LogP contribution >= 0.6 is 0 Å². The largest absolute Gasteiger partial charge is 0.488 e. The Morgan fingerprint density at radius 3 is 2.72 bits per heavy atom. The second-order valence-electron chi connectivity index (χ2n) is 11.5. The number of nitrogens with one attached hydrogen (secondary N) is 1. The summed E-state index contributed by atoms with van der Waals surface area (Å²) in [6.45, 7) is 6.14. The molecule has 0 unspecified atom stereocenters. The van der Waals surface area contributed by atoms with Crippen molar-refractivity contribution < 1.29 is 19.4 Å². The predicted octanol–water partition coefficient (Wildman–Crippen LogP) is 3.92. The Labute approximate surface area is 230 Å². The van der Waals surface area contributed by atoms with E-state index in [9.17, 15) is 14.7 Å². The first-order valence-electron chi connectivity index (χ1n) is 14.0. The molecule has 8 heteroatoms. The molecule has 0 bridgehead atoms. The van der Waals surface area contributed by atoms with E-state index >= 15 is 0 Å². The number of para-hydroxylation sites is 1. The van der Waals surface area contributed by atoms with Crippen molar-refractivity contribution in [1.82, 2.24) is 14.4 Å². The fourth-order valence-electron chi connectivity index (χ4n) is 5.59.